The van der Waals surface area contributed by atoms with Crippen LogP contribution < -0.4 is 4.72 Å². The molecule has 0 saturated heterocycles. The van der Waals surface area contributed by atoms with Gasteiger partial charge in [-0.05, 0) is 124 Å². The van der Waals surface area contributed by atoms with E-state index in [1.807, 2.05) is 0 Å². The second kappa shape index (κ2) is 10.2. The van der Waals surface area contributed by atoms with Crippen molar-refractivity contribution in [2.45, 2.75) is 123 Å². The highest BCUT2D eigenvalue weighted by atomic mass is 32.2. The smallest absolute Gasteiger partial charge is 0.213 e. The van der Waals surface area contributed by atoms with E-state index in [2.05, 4.69) is 32.4 Å². The number of fused-ring (bicyclic) bond motifs is 5. The van der Waals surface area contributed by atoms with Crippen molar-refractivity contribution < 1.29 is 18.6 Å². The molecule has 0 radical (unpaired) electrons. The average molecular weight is 512 g/mol. The quantitative estimate of drug-likeness (QED) is 0.383. The predicted octanol–water partition coefficient (Wildman–Crippen LogP) is 5.36. The maximum atomic E-state index is 12.1. The molecular weight excluding hydrogens is 458 g/mol. The second-order valence-electron chi connectivity index (χ2n) is 13.7. The average Bonchev–Trinajstić information content (AvgIpc) is 3.15. The van der Waals surface area contributed by atoms with Gasteiger partial charge < -0.3 is 10.2 Å². The zero-order chi connectivity index (χ0) is 25.8. The molecule has 0 spiro atoms. The van der Waals surface area contributed by atoms with Crippen molar-refractivity contribution in [3.8, 4) is 0 Å². The number of hydrogen-bond donors (Lipinski definition) is 3. The van der Waals surface area contributed by atoms with Gasteiger partial charge in [-0.15, -0.1) is 0 Å². The minimum absolute atomic E-state index is 0.193. The van der Waals surface area contributed by atoms with Crippen LogP contribution in [0.2, 0.25) is 0 Å². The summed E-state index contributed by atoms with van der Waals surface area (Å²) in [5.74, 6) is 3.54. The SMILES string of the molecule is CC[C@@H]1C2C[C@H](O)CCC2(C)[C@H]2CCC3(C)C([C@H](C)CCCNS(=O)(=O)C(C)C)CC[C@H]3[C@H]2[C@@H]1O. The lowest BCUT2D eigenvalue weighted by molar-refractivity contribution is -0.203. The Hall–Kier alpha value is -0.170. The molecular formula is C29H53NO4S. The van der Waals surface area contributed by atoms with E-state index in [9.17, 15) is 18.6 Å². The molecule has 0 aromatic rings. The fraction of sp³-hybridized carbons (Fsp3) is 1.00. The Kier molecular flexibility index (Phi) is 8.11. The number of nitrogens with one attached hydrogen (secondary N) is 1. The highest BCUT2D eigenvalue weighted by Crippen LogP contribution is 2.69. The lowest BCUT2D eigenvalue weighted by Gasteiger charge is -2.64. The van der Waals surface area contributed by atoms with Crippen LogP contribution in [0.4, 0.5) is 0 Å². The number of sulfonamides is 1. The van der Waals surface area contributed by atoms with Gasteiger partial charge in [-0.2, -0.15) is 0 Å². The Morgan fingerprint density at radius 3 is 2.26 bits per heavy atom. The number of hydrogen-bond acceptors (Lipinski definition) is 4. The van der Waals surface area contributed by atoms with Crippen molar-refractivity contribution in [1.82, 2.24) is 4.72 Å². The van der Waals surface area contributed by atoms with Gasteiger partial charge in [0.2, 0.25) is 10.0 Å². The van der Waals surface area contributed by atoms with Crippen LogP contribution in [-0.4, -0.2) is 42.6 Å². The highest BCUT2D eigenvalue weighted by Gasteiger charge is 2.64. The van der Waals surface area contributed by atoms with Crippen molar-refractivity contribution in [3.05, 3.63) is 0 Å². The summed E-state index contributed by atoms with van der Waals surface area (Å²) < 4.78 is 26.9. The third-order valence-electron chi connectivity index (χ3n) is 11.9. The lowest BCUT2D eigenvalue weighted by atomic mass is 9.41. The Bertz CT molecular complexity index is 846. The molecule has 6 heteroatoms. The van der Waals surface area contributed by atoms with E-state index in [0.717, 1.165) is 38.5 Å². The minimum atomic E-state index is -3.19. The normalized spacial score (nSPS) is 46.7. The molecule has 4 fully saturated rings. The first kappa shape index (κ1) is 27.9. The molecule has 5 nitrogen and oxygen atoms in total. The first-order chi connectivity index (χ1) is 16.4. The molecule has 11 atom stereocenters. The standard InChI is InChI=1S/C29H53NO4S/c1-7-21-25-17-20(31)12-14-29(25,6)24-13-15-28(5)22(10-11-23(28)26(24)27(21)32)19(4)9-8-16-30-35(33,34)18(2)3/h18-27,30-32H,7-17H2,1-6H3/t19-,20-,21-,22?,23+,24+,25?,26-,27-,28?,29?/m1/s1. The summed E-state index contributed by atoms with van der Waals surface area (Å²) in [4.78, 5) is 0. The molecule has 4 saturated carbocycles. The van der Waals surface area contributed by atoms with Gasteiger partial charge in [-0.25, -0.2) is 13.1 Å². The van der Waals surface area contributed by atoms with Crippen molar-refractivity contribution in [3.63, 3.8) is 0 Å². The molecule has 0 aromatic heterocycles. The first-order valence-electron chi connectivity index (χ1n) is 14.7. The van der Waals surface area contributed by atoms with Crippen LogP contribution in [0.15, 0.2) is 0 Å². The number of aliphatic hydroxyl groups excluding tert-OH is 2. The molecule has 3 N–H and O–H groups in total. The van der Waals surface area contributed by atoms with Crippen LogP contribution in [-0.2, 0) is 10.0 Å². The maximum Gasteiger partial charge on any atom is 0.213 e. The molecule has 35 heavy (non-hydrogen) atoms. The molecule has 4 aliphatic rings. The van der Waals surface area contributed by atoms with E-state index in [4.69, 9.17) is 0 Å². The Morgan fingerprint density at radius 2 is 1.60 bits per heavy atom. The fourth-order valence-electron chi connectivity index (χ4n) is 9.94. The van der Waals surface area contributed by atoms with Gasteiger partial charge in [-0.3, -0.25) is 0 Å². The van der Waals surface area contributed by atoms with E-state index in [1.54, 1.807) is 13.8 Å². The van der Waals surface area contributed by atoms with Crippen LogP contribution >= 0.6 is 0 Å². The monoisotopic (exact) mass is 511 g/mol. The number of aliphatic hydroxyl groups is 2. The van der Waals surface area contributed by atoms with Crippen LogP contribution in [0.5, 0.6) is 0 Å². The molecule has 0 aliphatic heterocycles. The summed E-state index contributed by atoms with van der Waals surface area (Å²) in [7, 11) is -3.19. The van der Waals surface area contributed by atoms with Gasteiger partial charge in [0.1, 0.15) is 0 Å². The largest absolute Gasteiger partial charge is 0.393 e. The first-order valence-corrected chi connectivity index (χ1v) is 16.3. The minimum Gasteiger partial charge on any atom is -0.393 e. The highest BCUT2D eigenvalue weighted by molar-refractivity contribution is 7.90. The third-order valence-corrected chi connectivity index (χ3v) is 13.8. The van der Waals surface area contributed by atoms with Gasteiger partial charge in [0, 0.05) is 6.54 Å². The molecule has 0 heterocycles. The van der Waals surface area contributed by atoms with Gasteiger partial charge in [0.15, 0.2) is 0 Å². The van der Waals surface area contributed by atoms with E-state index in [-0.39, 0.29) is 28.3 Å². The molecule has 0 aromatic carbocycles. The van der Waals surface area contributed by atoms with E-state index < -0.39 is 10.0 Å². The van der Waals surface area contributed by atoms with Gasteiger partial charge in [0.05, 0.1) is 17.5 Å². The van der Waals surface area contributed by atoms with Gasteiger partial charge in [-0.1, -0.05) is 34.1 Å². The summed E-state index contributed by atoms with van der Waals surface area (Å²) in [6, 6.07) is 0. The summed E-state index contributed by atoms with van der Waals surface area (Å²) in [5, 5.41) is 21.9. The van der Waals surface area contributed by atoms with Crippen molar-refractivity contribution in [2.24, 2.45) is 52.3 Å². The Morgan fingerprint density at radius 1 is 0.943 bits per heavy atom. The predicted molar refractivity (Wildman–Crippen MR) is 142 cm³/mol. The third kappa shape index (κ3) is 4.76. The lowest BCUT2D eigenvalue weighted by Crippen LogP contribution is -2.62. The summed E-state index contributed by atoms with van der Waals surface area (Å²) in [5.41, 5.74) is 0.525. The zero-order valence-electron chi connectivity index (χ0n) is 23.2. The van der Waals surface area contributed by atoms with E-state index >= 15 is 0 Å². The zero-order valence-corrected chi connectivity index (χ0v) is 24.0. The summed E-state index contributed by atoms with van der Waals surface area (Å²) in [6.45, 7) is 13.6. The topological polar surface area (TPSA) is 86.6 Å². The second-order valence-corrected chi connectivity index (χ2v) is 16.1. The van der Waals surface area contributed by atoms with Crippen molar-refractivity contribution in [2.75, 3.05) is 6.54 Å². The summed E-state index contributed by atoms with van der Waals surface area (Å²) in [6.07, 6.45) is 10.4. The van der Waals surface area contributed by atoms with Crippen LogP contribution in [0.1, 0.15) is 106 Å². The van der Waals surface area contributed by atoms with Gasteiger partial charge >= 0.3 is 0 Å². The molecule has 4 aliphatic carbocycles. The molecule has 0 bridgehead atoms. The van der Waals surface area contributed by atoms with Crippen LogP contribution in [0.3, 0.4) is 0 Å². The van der Waals surface area contributed by atoms with E-state index in [1.165, 1.54) is 25.7 Å². The number of rotatable bonds is 8. The van der Waals surface area contributed by atoms with Crippen LogP contribution in [0.25, 0.3) is 0 Å². The maximum absolute atomic E-state index is 12.1. The molecule has 0 amide bonds. The van der Waals surface area contributed by atoms with Gasteiger partial charge in [0.25, 0.3) is 0 Å². The summed E-state index contributed by atoms with van der Waals surface area (Å²) >= 11 is 0. The Balaban J connectivity index is 1.47. The van der Waals surface area contributed by atoms with Crippen molar-refractivity contribution in [1.29, 1.82) is 0 Å². The molecule has 204 valence electrons. The molecule has 4 rings (SSSR count). The Labute approximate surface area is 215 Å². The fourth-order valence-corrected chi connectivity index (χ4v) is 10.7. The van der Waals surface area contributed by atoms with E-state index in [0.29, 0.717) is 48.0 Å². The van der Waals surface area contributed by atoms with Crippen LogP contribution in [0, 0.1) is 52.3 Å². The van der Waals surface area contributed by atoms with Crippen molar-refractivity contribution >= 4 is 10.0 Å². The molecule has 4 unspecified atom stereocenters.